The van der Waals surface area contributed by atoms with E-state index in [-0.39, 0.29) is 24.5 Å². The van der Waals surface area contributed by atoms with Gasteiger partial charge in [-0.1, -0.05) is 0 Å². The molecule has 2 unspecified atom stereocenters. The second-order valence-corrected chi connectivity index (χ2v) is 17.7. The van der Waals surface area contributed by atoms with Crippen LogP contribution in [0.5, 0.6) is 0 Å². The third-order valence-electron chi connectivity index (χ3n) is 3.16. The Labute approximate surface area is 103 Å². The van der Waals surface area contributed by atoms with Crippen LogP contribution in [0.4, 0.5) is 0 Å². The third-order valence-corrected chi connectivity index (χ3v) is 19.8. The standard InChI is InChI=1S/C10H21NSe2.ClH/c11-9-6-7-13(12-8-9)10-4-2-1-3-5-10;/h9-10,13H,1-8,11H2;1H. The fraction of sp³-hybridized carbons (Fsp3) is 1.00. The molecule has 0 aromatic carbocycles. The molecule has 1 nitrogen and oxygen atoms in total. The summed E-state index contributed by atoms with van der Waals surface area (Å²) in [6, 6.07) is 0.592. The van der Waals surface area contributed by atoms with Gasteiger partial charge in [0.2, 0.25) is 0 Å². The number of nitrogens with two attached hydrogens (primary N) is 1. The maximum atomic E-state index is 5.97. The Balaban J connectivity index is 0.000000980. The van der Waals surface area contributed by atoms with Gasteiger partial charge in [0.15, 0.2) is 0 Å². The zero-order chi connectivity index (χ0) is 9.10. The SMILES string of the molecule is Cl.NC1CC[SeH](C2CCCCC2)[Se]C1. The zero-order valence-electron chi connectivity index (χ0n) is 8.65. The van der Waals surface area contributed by atoms with Crippen molar-refractivity contribution >= 4 is 37.6 Å². The van der Waals surface area contributed by atoms with Crippen molar-refractivity contribution in [2.75, 3.05) is 0 Å². The van der Waals surface area contributed by atoms with Gasteiger partial charge in [-0.25, -0.2) is 0 Å². The predicted octanol–water partition coefficient (Wildman–Crippen LogP) is 2.32. The quantitative estimate of drug-likeness (QED) is 0.723. The van der Waals surface area contributed by atoms with E-state index in [1.807, 2.05) is 0 Å². The fourth-order valence-corrected chi connectivity index (χ4v) is 19.5. The molecule has 86 valence electrons. The molecule has 1 saturated carbocycles. The van der Waals surface area contributed by atoms with Crippen molar-refractivity contribution in [1.29, 1.82) is 0 Å². The van der Waals surface area contributed by atoms with E-state index >= 15 is 0 Å². The molecule has 0 aromatic rings. The van der Waals surface area contributed by atoms with Crippen LogP contribution < -0.4 is 5.73 Å². The molecule has 2 aliphatic rings. The first-order valence-electron chi connectivity index (χ1n) is 5.51. The van der Waals surface area contributed by atoms with E-state index in [2.05, 4.69) is 0 Å². The summed E-state index contributed by atoms with van der Waals surface area (Å²) < 4.78 is 0. The monoisotopic (exact) mass is 351 g/mol. The average molecular weight is 350 g/mol. The van der Waals surface area contributed by atoms with Gasteiger partial charge in [0.05, 0.1) is 0 Å². The predicted molar refractivity (Wildman–Crippen MR) is 69.2 cm³/mol. The molecule has 0 amide bonds. The summed E-state index contributed by atoms with van der Waals surface area (Å²) in [5.41, 5.74) is 5.97. The Morgan fingerprint density at radius 1 is 1.07 bits per heavy atom. The van der Waals surface area contributed by atoms with Crippen molar-refractivity contribution in [3.63, 3.8) is 0 Å². The molecule has 0 spiro atoms. The summed E-state index contributed by atoms with van der Waals surface area (Å²) in [6.07, 6.45) is 9.16. The second kappa shape index (κ2) is 6.78. The molecule has 2 rings (SSSR count). The fourth-order valence-electron chi connectivity index (χ4n) is 2.29. The Morgan fingerprint density at radius 2 is 1.79 bits per heavy atom. The van der Waals surface area contributed by atoms with Crippen LogP contribution in [0.2, 0.25) is 15.5 Å². The molecule has 1 saturated heterocycles. The van der Waals surface area contributed by atoms with Gasteiger partial charge in [0, 0.05) is 0 Å². The third kappa shape index (κ3) is 3.70. The van der Waals surface area contributed by atoms with Crippen molar-refractivity contribution in [2.45, 2.75) is 60.0 Å². The second-order valence-electron chi connectivity index (χ2n) is 4.28. The summed E-state index contributed by atoms with van der Waals surface area (Å²) in [6.45, 7) is 0. The Morgan fingerprint density at radius 3 is 2.36 bits per heavy atom. The van der Waals surface area contributed by atoms with E-state index in [9.17, 15) is 0 Å². The number of hydrogen-bond donors (Lipinski definition) is 1. The van der Waals surface area contributed by atoms with Gasteiger partial charge in [-0.3, -0.25) is 0 Å². The van der Waals surface area contributed by atoms with E-state index in [1.165, 1.54) is 35.8 Å². The van der Waals surface area contributed by atoms with Crippen LogP contribution in [0.3, 0.4) is 0 Å². The molecule has 2 fully saturated rings. The molecule has 1 aliphatic carbocycles. The molecule has 4 heteroatoms. The van der Waals surface area contributed by atoms with E-state index in [1.54, 1.807) is 18.2 Å². The summed E-state index contributed by atoms with van der Waals surface area (Å²) >= 11 is 0.689. The molecule has 2 atom stereocenters. The van der Waals surface area contributed by atoms with E-state index in [0.29, 0.717) is 6.04 Å². The molecule has 0 radical (unpaired) electrons. The van der Waals surface area contributed by atoms with E-state index in [0.717, 1.165) is 13.1 Å². The van der Waals surface area contributed by atoms with Crippen molar-refractivity contribution in [3.05, 3.63) is 0 Å². The minimum atomic E-state index is -0.332. The van der Waals surface area contributed by atoms with Gasteiger partial charge in [-0.05, 0) is 0 Å². The summed E-state index contributed by atoms with van der Waals surface area (Å²) in [7, 11) is 0. The van der Waals surface area contributed by atoms with Crippen molar-refractivity contribution < 1.29 is 0 Å². The van der Waals surface area contributed by atoms with Crippen LogP contribution in [-0.4, -0.2) is 31.2 Å². The molecule has 0 aromatic heterocycles. The van der Waals surface area contributed by atoms with Gasteiger partial charge >= 0.3 is 91.0 Å². The molecule has 1 heterocycles. The van der Waals surface area contributed by atoms with E-state index in [4.69, 9.17) is 5.73 Å². The first-order valence-corrected chi connectivity index (χ1v) is 13.9. The average Bonchev–Trinajstić information content (AvgIpc) is 2.20. The molecule has 2 N–H and O–H groups in total. The van der Waals surface area contributed by atoms with Crippen LogP contribution in [0.15, 0.2) is 0 Å². The first kappa shape index (κ1) is 13.4. The van der Waals surface area contributed by atoms with Crippen molar-refractivity contribution in [3.8, 4) is 0 Å². The number of rotatable bonds is 1. The van der Waals surface area contributed by atoms with Crippen LogP contribution in [0.25, 0.3) is 0 Å². The van der Waals surface area contributed by atoms with Gasteiger partial charge in [-0.2, -0.15) is 0 Å². The van der Waals surface area contributed by atoms with Gasteiger partial charge in [-0.15, -0.1) is 12.4 Å². The number of hydrogen-bond acceptors (Lipinski definition) is 1. The molecule has 14 heavy (non-hydrogen) atoms. The molecule has 0 bridgehead atoms. The van der Waals surface area contributed by atoms with Gasteiger partial charge in [0.1, 0.15) is 0 Å². The maximum absolute atomic E-state index is 5.97. The van der Waals surface area contributed by atoms with Gasteiger partial charge < -0.3 is 0 Å². The first-order chi connectivity index (χ1) is 6.36. The van der Waals surface area contributed by atoms with Crippen LogP contribution in [-0.2, 0) is 0 Å². The zero-order valence-corrected chi connectivity index (χ0v) is 13.1. The van der Waals surface area contributed by atoms with Crippen LogP contribution >= 0.6 is 12.4 Å². The molecular weight excluding hydrogens is 327 g/mol. The van der Waals surface area contributed by atoms with Gasteiger partial charge in [0.25, 0.3) is 0 Å². The topological polar surface area (TPSA) is 26.0 Å². The van der Waals surface area contributed by atoms with Crippen LogP contribution in [0.1, 0.15) is 38.5 Å². The summed E-state index contributed by atoms with van der Waals surface area (Å²) in [5.74, 6) is 0. The minimum absolute atomic E-state index is 0. The molecular formula is C10H22ClNSe2. The Kier molecular flexibility index (Phi) is 6.47. The van der Waals surface area contributed by atoms with Crippen molar-refractivity contribution in [1.82, 2.24) is 0 Å². The summed E-state index contributed by atoms with van der Waals surface area (Å²) in [5, 5.41) is 3.02. The molecule has 1 aliphatic heterocycles. The van der Waals surface area contributed by atoms with E-state index < -0.39 is 0 Å². The Hall–Kier alpha value is 1.29. The van der Waals surface area contributed by atoms with Crippen molar-refractivity contribution in [2.24, 2.45) is 5.73 Å². The number of halogens is 1. The normalized spacial score (nSPS) is 37.5. The summed E-state index contributed by atoms with van der Waals surface area (Å²) in [4.78, 5) is 1.24. The Bertz CT molecular complexity index is 154. The van der Waals surface area contributed by atoms with Crippen LogP contribution in [0, 0.1) is 0 Å².